The molecule has 3 aromatic rings. The summed E-state index contributed by atoms with van der Waals surface area (Å²) >= 11 is 0. The molecule has 0 N–H and O–H groups in total. The van der Waals surface area contributed by atoms with E-state index < -0.39 is 11.7 Å². The Bertz CT molecular complexity index is 925. The number of hydrogen-bond donors (Lipinski definition) is 0. The Morgan fingerprint density at radius 2 is 1.79 bits per heavy atom. The van der Waals surface area contributed by atoms with Crippen LogP contribution in [-0.2, 0) is 12.7 Å². The van der Waals surface area contributed by atoms with E-state index in [9.17, 15) is 13.2 Å². The van der Waals surface area contributed by atoms with E-state index in [1.54, 1.807) is 0 Å². The highest BCUT2D eigenvalue weighted by molar-refractivity contribution is 5.58. The van der Waals surface area contributed by atoms with Gasteiger partial charge in [-0.05, 0) is 18.6 Å². The van der Waals surface area contributed by atoms with Gasteiger partial charge in [0, 0.05) is 44.0 Å². The molecular weight excluding hydrogens is 381 g/mol. The molecule has 1 fully saturated rings. The van der Waals surface area contributed by atoms with Crippen molar-refractivity contribution in [2.75, 3.05) is 31.1 Å². The number of hydrogen-bond acceptors (Lipinski definition) is 5. The Morgan fingerprint density at radius 3 is 2.52 bits per heavy atom. The average Bonchev–Trinajstić information content (AvgIpc) is 3.06. The highest BCUT2D eigenvalue weighted by Gasteiger charge is 2.31. The molecule has 29 heavy (non-hydrogen) atoms. The average molecular weight is 402 g/mol. The molecule has 1 aromatic carbocycles. The summed E-state index contributed by atoms with van der Waals surface area (Å²) in [5.41, 5.74) is 1.10. The van der Waals surface area contributed by atoms with Crippen LogP contribution in [0.3, 0.4) is 0 Å². The fourth-order valence-corrected chi connectivity index (χ4v) is 3.45. The van der Waals surface area contributed by atoms with Crippen molar-refractivity contribution in [1.29, 1.82) is 0 Å². The summed E-state index contributed by atoms with van der Waals surface area (Å²) in [5.74, 6) is 1.37. The first-order valence-corrected chi connectivity index (χ1v) is 9.50. The number of anilines is 1. The molecule has 0 amide bonds. The number of aromatic nitrogens is 2. The van der Waals surface area contributed by atoms with Crippen LogP contribution in [-0.4, -0.2) is 41.2 Å². The summed E-state index contributed by atoms with van der Waals surface area (Å²) in [5, 5.41) is 4.15. The van der Waals surface area contributed by atoms with Gasteiger partial charge in [-0.2, -0.15) is 13.2 Å². The topological polar surface area (TPSA) is 45.4 Å². The Balaban J connectivity index is 1.36. The maximum absolute atomic E-state index is 12.7. The molecule has 1 aliphatic heterocycles. The van der Waals surface area contributed by atoms with Crippen LogP contribution in [0.1, 0.15) is 17.7 Å². The first-order valence-electron chi connectivity index (χ1n) is 9.50. The van der Waals surface area contributed by atoms with Crippen molar-refractivity contribution in [3.05, 3.63) is 66.1 Å². The zero-order chi connectivity index (χ0) is 20.3. The van der Waals surface area contributed by atoms with E-state index in [-0.39, 0.29) is 0 Å². The second-order valence-corrected chi connectivity index (χ2v) is 7.06. The van der Waals surface area contributed by atoms with Crippen LogP contribution in [0, 0.1) is 0 Å². The van der Waals surface area contributed by atoms with Crippen molar-refractivity contribution >= 4 is 5.82 Å². The summed E-state index contributed by atoms with van der Waals surface area (Å²) in [6.07, 6.45) is -2.57. The predicted octanol–water partition coefficient (Wildman–Crippen LogP) is 4.47. The highest BCUT2D eigenvalue weighted by Crippen LogP contribution is 2.29. The van der Waals surface area contributed by atoms with Crippen molar-refractivity contribution in [2.45, 2.75) is 19.1 Å². The minimum atomic E-state index is -4.36. The maximum Gasteiger partial charge on any atom is 0.417 e. The van der Waals surface area contributed by atoms with Crippen LogP contribution in [0.4, 0.5) is 19.0 Å². The predicted molar refractivity (Wildman–Crippen MR) is 103 cm³/mol. The zero-order valence-corrected chi connectivity index (χ0v) is 15.8. The summed E-state index contributed by atoms with van der Waals surface area (Å²) < 4.78 is 43.7. The second kappa shape index (κ2) is 8.24. The van der Waals surface area contributed by atoms with Gasteiger partial charge in [-0.3, -0.25) is 4.90 Å². The molecule has 0 atom stereocenters. The summed E-state index contributed by atoms with van der Waals surface area (Å²) in [7, 11) is 0. The normalized spacial score (nSPS) is 16.0. The van der Waals surface area contributed by atoms with Gasteiger partial charge in [-0.15, -0.1) is 0 Å². The van der Waals surface area contributed by atoms with Gasteiger partial charge in [-0.1, -0.05) is 35.5 Å². The molecule has 8 heteroatoms. The van der Waals surface area contributed by atoms with Gasteiger partial charge in [0.05, 0.1) is 12.1 Å². The Hall–Kier alpha value is -2.87. The maximum atomic E-state index is 12.7. The lowest BCUT2D eigenvalue weighted by Gasteiger charge is -2.22. The fourth-order valence-electron chi connectivity index (χ4n) is 3.45. The van der Waals surface area contributed by atoms with Crippen molar-refractivity contribution in [1.82, 2.24) is 15.0 Å². The largest absolute Gasteiger partial charge is 0.417 e. The van der Waals surface area contributed by atoms with Crippen molar-refractivity contribution in [3.63, 3.8) is 0 Å². The summed E-state index contributed by atoms with van der Waals surface area (Å²) in [4.78, 5) is 8.30. The fraction of sp³-hybridized carbons (Fsp3) is 0.333. The molecule has 0 bridgehead atoms. The smallest absolute Gasteiger partial charge is 0.359 e. The Kier molecular flexibility index (Phi) is 5.53. The third kappa shape index (κ3) is 4.76. The Morgan fingerprint density at radius 1 is 0.966 bits per heavy atom. The van der Waals surface area contributed by atoms with E-state index in [0.29, 0.717) is 18.9 Å². The number of rotatable bonds is 4. The molecule has 0 saturated carbocycles. The van der Waals surface area contributed by atoms with Crippen LogP contribution in [0.25, 0.3) is 11.3 Å². The molecule has 0 aliphatic carbocycles. The van der Waals surface area contributed by atoms with Crippen LogP contribution in [0.5, 0.6) is 0 Å². The lowest BCUT2D eigenvalue weighted by molar-refractivity contribution is -0.137. The number of alkyl halides is 3. The van der Waals surface area contributed by atoms with Gasteiger partial charge in [0.15, 0.2) is 5.76 Å². The summed E-state index contributed by atoms with van der Waals surface area (Å²) in [6, 6.07) is 14.3. The molecule has 3 heterocycles. The van der Waals surface area contributed by atoms with E-state index in [4.69, 9.17) is 4.52 Å². The van der Waals surface area contributed by atoms with E-state index in [2.05, 4.69) is 15.0 Å². The third-order valence-corrected chi connectivity index (χ3v) is 5.00. The molecule has 0 spiro atoms. The lowest BCUT2D eigenvalue weighted by Crippen LogP contribution is -2.30. The van der Waals surface area contributed by atoms with E-state index in [1.807, 2.05) is 41.3 Å². The monoisotopic (exact) mass is 402 g/mol. The van der Waals surface area contributed by atoms with E-state index in [0.717, 1.165) is 55.3 Å². The van der Waals surface area contributed by atoms with Gasteiger partial charge in [-0.25, -0.2) is 4.98 Å². The molecule has 4 rings (SSSR count). The second-order valence-electron chi connectivity index (χ2n) is 7.06. The molecule has 2 aromatic heterocycles. The number of nitrogens with zero attached hydrogens (tertiary/aromatic N) is 4. The molecule has 0 unspecified atom stereocenters. The van der Waals surface area contributed by atoms with Crippen LogP contribution in [0.2, 0.25) is 0 Å². The van der Waals surface area contributed by atoms with Gasteiger partial charge in [0.2, 0.25) is 0 Å². The quantitative estimate of drug-likeness (QED) is 0.645. The van der Waals surface area contributed by atoms with Crippen molar-refractivity contribution in [3.8, 4) is 11.3 Å². The van der Waals surface area contributed by atoms with Gasteiger partial charge in [0.1, 0.15) is 11.5 Å². The van der Waals surface area contributed by atoms with Crippen LogP contribution in [0.15, 0.2) is 59.3 Å². The van der Waals surface area contributed by atoms with E-state index >= 15 is 0 Å². The first-order chi connectivity index (χ1) is 14.0. The number of halogens is 3. The van der Waals surface area contributed by atoms with Crippen LogP contribution < -0.4 is 4.90 Å². The molecule has 1 aliphatic rings. The van der Waals surface area contributed by atoms with Crippen molar-refractivity contribution in [2.24, 2.45) is 0 Å². The van der Waals surface area contributed by atoms with Gasteiger partial charge < -0.3 is 9.42 Å². The molecule has 5 nitrogen and oxygen atoms in total. The highest BCUT2D eigenvalue weighted by atomic mass is 19.4. The minimum Gasteiger partial charge on any atom is -0.359 e. The molecular formula is C21H21F3N4O. The summed E-state index contributed by atoms with van der Waals surface area (Å²) in [6.45, 7) is 3.73. The van der Waals surface area contributed by atoms with Crippen LogP contribution >= 0.6 is 0 Å². The number of benzene rings is 1. The Labute approximate surface area is 166 Å². The zero-order valence-electron chi connectivity index (χ0n) is 15.8. The third-order valence-electron chi connectivity index (χ3n) is 5.00. The number of pyridine rings is 1. The molecule has 0 radical (unpaired) electrons. The standard InChI is InChI=1S/C21H21F3N4O/c22-21(23,24)17-7-8-20(25-14-17)28-10-4-9-27(11-12-28)15-18-13-19(26-29-18)16-5-2-1-3-6-16/h1-3,5-8,13-14H,4,9-12,15H2. The first kappa shape index (κ1) is 19.4. The van der Waals surface area contributed by atoms with E-state index in [1.165, 1.54) is 6.07 Å². The SMILES string of the molecule is FC(F)(F)c1ccc(N2CCCN(Cc3cc(-c4ccccc4)no3)CC2)nc1. The lowest BCUT2D eigenvalue weighted by atomic mass is 10.1. The van der Waals surface area contributed by atoms with Gasteiger partial charge in [0.25, 0.3) is 0 Å². The van der Waals surface area contributed by atoms with Gasteiger partial charge >= 0.3 is 6.18 Å². The van der Waals surface area contributed by atoms with Crippen molar-refractivity contribution < 1.29 is 17.7 Å². The minimum absolute atomic E-state index is 0.575. The molecule has 1 saturated heterocycles. The molecule has 152 valence electrons.